The summed E-state index contributed by atoms with van der Waals surface area (Å²) >= 11 is 0. The molecular weight excluding hydrogens is 300 g/mol. The molecule has 1 fully saturated rings. The fourth-order valence-corrected chi connectivity index (χ4v) is 3.60. The van der Waals surface area contributed by atoms with Crippen LogP contribution in [0.25, 0.3) is 11.2 Å². The molecule has 1 amide bonds. The molecule has 0 aromatic carbocycles. The Bertz CT molecular complexity index is 671. The van der Waals surface area contributed by atoms with Crippen molar-refractivity contribution in [3.8, 4) is 0 Å². The number of carbonyl (C=O) groups excluding carboxylic acids is 1. The first-order valence-electron chi connectivity index (χ1n) is 9.37. The Balaban J connectivity index is 1.62. The number of carbonyl (C=O) groups is 1. The van der Waals surface area contributed by atoms with E-state index < -0.39 is 0 Å². The third kappa shape index (κ3) is 4.13. The minimum atomic E-state index is 0.157. The van der Waals surface area contributed by atoms with Crippen molar-refractivity contribution in [2.45, 2.75) is 77.3 Å². The number of nitrogens with one attached hydrogen (secondary N) is 1. The van der Waals surface area contributed by atoms with Crippen LogP contribution in [0.3, 0.4) is 0 Å². The molecule has 0 atom stereocenters. The van der Waals surface area contributed by atoms with E-state index >= 15 is 0 Å². The van der Waals surface area contributed by atoms with E-state index in [9.17, 15) is 4.79 Å². The number of rotatable bonds is 6. The van der Waals surface area contributed by atoms with Crippen molar-refractivity contribution in [1.82, 2.24) is 19.9 Å². The summed E-state index contributed by atoms with van der Waals surface area (Å²) in [4.78, 5) is 21.5. The number of aryl methyl sites for hydroxylation is 2. The Labute approximate surface area is 143 Å². The minimum Gasteiger partial charge on any atom is -0.353 e. The molecule has 5 heteroatoms. The zero-order chi connectivity index (χ0) is 16.8. The first-order chi connectivity index (χ1) is 11.8. The Hall–Kier alpha value is -1.91. The maximum absolute atomic E-state index is 12.3. The molecule has 1 N–H and O–H groups in total. The first kappa shape index (κ1) is 16.9. The second-order valence-electron chi connectivity index (χ2n) is 6.78. The number of aromatic nitrogens is 3. The molecule has 3 rings (SSSR count). The summed E-state index contributed by atoms with van der Waals surface area (Å²) in [6, 6.07) is 4.27. The van der Waals surface area contributed by atoms with E-state index in [-0.39, 0.29) is 5.91 Å². The van der Waals surface area contributed by atoms with E-state index in [1.807, 2.05) is 12.1 Å². The number of hydrogen-bond acceptors (Lipinski definition) is 3. The van der Waals surface area contributed by atoms with Gasteiger partial charge < -0.3 is 9.88 Å². The minimum absolute atomic E-state index is 0.157. The van der Waals surface area contributed by atoms with Crippen LogP contribution in [0.5, 0.6) is 0 Å². The average Bonchev–Trinajstić information content (AvgIpc) is 2.75. The highest BCUT2D eigenvalue weighted by molar-refractivity contribution is 5.77. The molecule has 0 aliphatic heterocycles. The molecule has 0 spiro atoms. The predicted octanol–water partition coefficient (Wildman–Crippen LogP) is 3.61. The summed E-state index contributed by atoms with van der Waals surface area (Å²) in [5.74, 6) is 1.13. The highest BCUT2D eigenvalue weighted by Gasteiger charge is 2.16. The van der Waals surface area contributed by atoms with Crippen molar-refractivity contribution in [3.05, 3.63) is 24.2 Å². The Morgan fingerprint density at radius 3 is 2.83 bits per heavy atom. The van der Waals surface area contributed by atoms with Crippen LogP contribution < -0.4 is 5.32 Å². The van der Waals surface area contributed by atoms with Crippen molar-refractivity contribution < 1.29 is 4.79 Å². The van der Waals surface area contributed by atoms with Crippen LogP contribution in [-0.2, 0) is 17.8 Å². The maximum atomic E-state index is 12.3. The van der Waals surface area contributed by atoms with Gasteiger partial charge in [-0.2, -0.15) is 0 Å². The molecule has 130 valence electrons. The molecule has 1 aliphatic carbocycles. The molecule has 2 aromatic rings. The highest BCUT2D eigenvalue weighted by atomic mass is 16.1. The van der Waals surface area contributed by atoms with Crippen LogP contribution in [0.15, 0.2) is 18.3 Å². The van der Waals surface area contributed by atoms with E-state index in [1.165, 1.54) is 25.7 Å². The summed E-state index contributed by atoms with van der Waals surface area (Å²) in [5, 5.41) is 3.22. The normalized spacial score (nSPS) is 16.2. The van der Waals surface area contributed by atoms with Crippen LogP contribution in [0.4, 0.5) is 0 Å². The van der Waals surface area contributed by atoms with Crippen molar-refractivity contribution in [2.75, 3.05) is 0 Å². The van der Waals surface area contributed by atoms with Crippen molar-refractivity contribution >= 4 is 17.1 Å². The Morgan fingerprint density at radius 1 is 1.29 bits per heavy atom. The zero-order valence-electron chi connectivity index (χ0n) is 14.6. The summed E-state index contributed by atoms with van der Waals surface area (Å²) in [6.45, 7) is 3.05. The Kier molecular flexibility index (Phi) is 5.83. The van der Waals surface area contributed by atoms with Gasteiger partial charge in [0.2, 0.25) is 5.91 Å². The van der Waals surface area contributed by atoms with Gasteiger partial charge in [-0.05, 0) is 31.4 Å². The molecule has 0 radical (unpaired) electrons. The van der Waals surface area contributed by atoms with Gasteiger partial charge in [0, 0.05) is 31.6 Å². The van der Waals surface area contributed by atoms with Gasteiger partial charge in [-0.3, -0.25) is 4.79 Å². The summed E-state index contributed by atoms with van der Waals surface area (Å²) in [6.07, 6.45) is 11.4. The molecule has 0 bridgehead atoms. The lowest BCUT2D eigenvalue weighted by Gasteiger charge is -2.16. The molecule has 24 heavy (non-hydrogen) atoms. The molecule has 1 saturated carbocycles. The van der Waals surface area contributed by atoms with Gasteiger partial charge in [-0.15, -0.1) is 0 Å². The largest absolute Gasteiger partial charge is 0.353 e. The van der Waals surface area contributed by atoms with E-state index in [2.05, 4.69) is 26.8 Å². The second kappa shape index (κ2) is 8.27. The van der Waals surface area contributed by atoms with Crippen LogP contribution >= 0.6 is 0 Å². The predicted molar refractivity (Wildman–Crippen MR) is 95.8 cm³/mol. The van der Waals surface area contributed by atoms with Gasteiger partial charge in [0.25, 0.3) is 0 Å². The smallest absolute Gasteiger partial charge is 0.220 e. The van der Waals surface area contributed by atoms with Crippen molar-refractivity contribution in [2.24, 2.45) is 0 Å². The van der Waals surface area contributed by atoms with E-state index in [0.717, 1.165) is 42.8 Å². The highest BCUT2D eigenvalue weighted by Crippen LogP contribution is 2.18. The lowest BCUT2D eigenvalue weighted by Crippen LogP contribution is -2.34. The van der Waals surface area contributed by atoms with Crippen LogP contribution in [-0.4, -0.2) is 26.5 Å². The summed E-state index contributed by atoms with van der Waals surface area (Å²) < 4.78 is 2.16. The fraction of sp³-hybridized carbons (Fsp3) is 0.632. The van der Waals surface area contributed by atoms with Gasteiger partial charge in [0.05, 0.1) is 0 Å². The molecule has 2 aromatic heterocycles. The maximum Gasteiger partial charge on any atom is 0.220 e. The number of nitrogens with zero attached hydrogens (tertiary/aromatic N) is 3. The topological polar surface area (TPSA) is 59.8 Å². The van der Waals surface area contributed by atoms with Crippen molar-refractivity contribution in [1.29, 1.82) is 0 Å². The van der Waals surface area contributed by atoms with Crippen LogP contribution in [0, 0.1) is 0 Å². The second-order valence-corrected chi connectivity index (χ2v) is 6.78. The number of fused-ring (bicyclic) bond motifs is 1. The molecule has 0 unspecified atom stereocenters. The van der Waals surface area contributed by atoms with Gasteiger partial charge >= 0.3 is 0 Å². The SMILES string of the molecule is CCCn1c(CCC(=O)NC2CCCCCC2)nc2cccnc21. The van der Waals surface area contributed by atoms with E-state index in [4.69, 9.17) is 0 Å². The van der Waals surface area contributed by atoms with Gasteiger partial charge in [0.15, 0.2) is 5.65 Å². The van der Waals surface area contributed by atoms with E-state index in [0.29, 0.717) is 18.9 Å². The van der Waals surface area contributed by atoms with E-state index in [1.54, 1.807) is 6.20 Å². The number of amides is 1. The van der Waals surface area contributed by atoms with Gasteiger partial charge in [0.1, 0.15) is 11.3 Å². The van der Waals surface area contributed by atoms with Gasteiger partial charge in [-0.25, -0.2) is 9.97 Å². The summed E-state index contributed by atoms with van der Waals surface area (Å²) in [7, 11) is 0. The molecular formula is C19H28N4O. The molecule has 0 saturated heterocycles. The van der Waals surface area contributed by atoms with Crippen LogP contribution in [0.2, 0.25) is 0 Å². The van der Waals surface area contributed by atoms with Crippen molar-refractivity contribution in [3.63, 3.8) is 0 Å². The van der Waals surface area contributed by atoms with Gasteiger partial charge in [-0.1, -0.05) is 32.6 Å². The molecule has 5 nitrogen and oxygen atoms in total. The number of pyridine rings is 1. The molecule has 1 aliphatic rings. The lowest BCUT2D eigenvalue weighted by molar-refractivity contribution is -0.121. The summed E-state index contributed by atoms with van der Waals surface area (Å²) in [5.41, 5.74) is 1.85. The Morgan fingerprint density at radius 2 is 2.08 bits per heavy atom. The lowest BCUT2D eigenvalue weighted by atomic mass is 10.1. The average molecular weight is 328 g/mol. The third-order valence-corrected chi connectivity index (χ3v) is 4.83. The molecule has 2 heterocycles. The first-order valence-corrected chi connectivity index (χ1v) is 9.37. The quantitative estimate of drug-likeness (QED) is 0.824. The standard InChI is InChI=1S/C19H28N4O/c1-2-14-23-17(22-16-10-7-13-20-19(16)23)11-12-18(24)21-15-8-5-3-4-6-9-15/h7,10,13,15H,2-6,8-9,11-12,14H2,1H3,(H,21,24). The number of hydrogen-bond donors (Lipinski definition) is 1. The zero-order valence-corrected chi connectivity index (χ0v) is 14.6. The van der Waals surface area contributed by atoms with Crippen LogP contribution in [0.1, 0.15) is 64.1 Å². The third-order valence-electron chi connectivity index (χ3n) is 4.83. The number of imidazole rings is 1. The monoisotopic (exact) mass is 328 g/mol. The fourth-order valence-electron chi connectivity index (χ4n) is 3.60.